The standard InChI is InChI=1S/C46H79N2O6P/c1-3-5-7-9-11-13-15-17-19-20-21-22-23-24-26-28-30-32-34-36-38-40-46(50)48-44(43-54-55(51,52)53-42-41-47)45(49)39-37-35-33-31-29-27-25-18-16-14-12-10-8-6-4-2/h5,7,11,13,17,19,21-22,24,26,29-32,37,39,44-45,49H,3-4,6,8-10,12,14-16,18,20,23,25,27-28,33-36,38,40-43,47H2,1-2H3,(H,48,50)(H,51,52)/b7-5-,13-11-,19-17-,22-21-,26-24-,31-29+,32-30-,39-37+. The van der Waals surface area contributed by atoms with Gasteiger partial charge in [-0.2, -0.15) is 0 Å². The number of unbranched alkanes of at least 4 members (excludes halogenated alkanes) is 12. The van der Waals surface area contributed by atoms with Crippen LogP contribution in [0.25, 0.3) is 0 Å². The number of rotatable bonds is 38. The van der Waals surface area contributed by atoms with Crippen LogP contribution in [-0.2, 0) is 18.4 Å². The number of hydrogen-bond acceptors (Lipinski definition) is 6. The van der Waals surface area contributed by atoms with Crippen LogP contribution in [0.2, 0.25) is 0 Å². The number of nitrogens with two attached hydrogens (primary N) is 1. The zero-order valence-electron chi connectivity index (χ0n) is 34.6. The summed E-state index contributed by atoms with van der Waals surface area (Å²) in [6.45, 7) is 3.93. The second-order valence-electron chi connectivity index (χ2n) is 13.8. The van der Waals surface area contributed by atoms with E-state index in [4.69, 9.17) is 14.8 Å². The molecular formula is C46H79N2O6P. The van der Waals surface area contributed by atoms with E-state index in [1.54, 1.807) is 6.08 Å². The van der Waals surface area contributed by atoms with Crippen molar-refractivity contribution in [3.8, 4) is 0 Å². The zero-order chi connectivity index (χ0) is 40.3. The molecule has 0 heterocycles. The molecule has 55 heavy (non-hydrogen) atoms. The van der Waals surface area contributed by atoms with Gasteiger partial charge in [0, 0.05) is 13.0 Å². The zero-order valence-corrected chi connectivity index (χ0v) is 35.5. The van der Waals surface area contributed by atoms with E-state index < -0.39 is 20.0 Å². The maximum atomic E-state index is 12.7. The maximum absolute atomic E-state index is 12.7. The summed E-state index contributed by atoms with van der Waals surface area (Å²) in [6, 6.07) is -0.906. The van der Waals surface area contributed by atoms with Gasteiger partial charge in [0.1, 0.15) is 0 Å². The molecule has 0 saturated carbocycles. The van der Waals surface area contributed by atoms with Gasteiger partial charge >= 0.3 is 7.82 Å². The molecule has 3 unspecified atom stereocenters. The second kappa shape index (κ2) is 41.1. The Labute approximate surface area is 336 Å². The highest BCUT2D eigenvalue weighted by atomic mass is 31.2. The molecule has 5 N–H and O–H groups in total. The number of amides is 1. The minimum Gasteiger partial charge on any atom is -0.387 e. The summed E-state index contributed by atoms with van der Waals surface area (Å²) < 4.78 is 22.1. The van der Waals surface area contributed by atoms with Crippen LogP contribution in [0.4, 0.5) is 0 Å². The summed E-state index contributed by atoms with van der Waals surface area (Å²) in [5.74, 6) is -0.251. The number of phosphoric acid groups is 1. The number of hydrogen-bond donors (Lipinski definition) is 4. The van der Waals surface area contributed by atoms with Gasteiger partial charge in [-0.3, -0.25) is 13.8 Å². The topological polar surface area (TPSA) is 131 Å². The summed E-state index contributed by atoms with van der Waals surface area (Å²) in [6.07, 6.45) is 56.0. The van der Waals surface area contributed by atoms with E-state index in [0.29, 0.717) is 6.42 Å². The van der Waals surface area contributed by atoms with Gasteiger partial charge in [-0.1, -0.05) is 162 Å². The van der Waals surface area contributed by atoms with Crippen LogP contribution in [0, 0.1) is 0 Å². The Balaban J connectivity index is 4.40. The van der Waals surface area contributed by atoms with Crippen LogP contribution in [0.5, 0.6) is 0 Å². The van der Waals surface area contributed by atoms with Gasteiger partial charge in [0.05, 0.1) is 25.4 Å². The first-order valence-electron chi connectivity index (χ1n) is 21.4. The molecule has 0 aliphatic rings. The minimum absolute atomic E-state index is 0.0612. The third-order valence-electron chi connectivity index (χ3n) is 8.64. The SMILES string of the molecule is CC/C=C\C/C=C\C/C=C\C/C=C\C/C=C\C/C=C\CCCCC(=O)NC(COP(=O)(O)OCCN)C(O)/C=C/CC/C=C/CCCCCCCCCCC. The third kappa shape index (κ3) is 39.5. The molecule has 1 amide bonds. The van der Waals surface area contributed by atoms with Crippen molar-refractivity contribution in [2.45, 2.75) is 167 Å². The average Bonchev–Trinajstić information content (AvgIpc) is 3.17. The van der Waals surface area contributed by atoms with Gasteiger partial charge < -0.3 is 21.1 Å². The monoisotopic (exact) mass is 787 g/mol. The molecule has 3 atom stereocenters. The molecule has 0 radical (unpaired) electrons. The highest BCUT2D eigenvalue weighted by molar-refractivity contribution is 7.47. The van der Waals surface area contributed by atoms with Crippen molar-refractivity contribution in [3.63, 3.8) is 0 Å². The molecule has 0 fully saturated rings. The van der Waals surface area contributed by atoms with Gasteiger partial charge in [-0.15, -0.1) is 0 Å². The molecular weight excluding hydrogens is 707 g/mol. The van der Waals surface area contributed by atoms with Crippen LogP contribution in [0.1, 0.15) is 155 Å². The Morgan fingerprint density at radius 1 is 0.618 bits per heavy atom. The second-order valence-corrected chi connectivity index (χ2v) is 15.3. The number of nitrogens with one attached hydrogen (secondary N) is 1. The Hall–Kier alpha value is -2.58. The van der Waals surface area contributed by atoms with E-state index in [-0.39, 0.29) is 32.1 Å². The smallest absolute Gasteiger partial charge is 0.387 e. The quantitative estimate of drug-likeness (QED) is 0.0278. The van der Waals surface area contributed by atoms with Crippen molar-refractivity contribution in [1.82, 2.24) is 5.32 Å². The molecule has 314 valence electrons. The number of aliphatic hydroxyl groups excluding tert-OH is 1. The number of phosphoric ester groups is 1. The number of allylic oxidation sites excluding steroid dienone is 15. The molecule has 0 aliphatic heterocycles. The number of carbonyl (C=O) groups is 1. The van der Waals surface area contributed by atoms with Gasteiger partial charge in [0.2, 0.25) is 5.91 Å². The molecule has 9 heteroatoms. The van der Waals surface area contributed by atoms with Crippen LogP contribution in [0.15, 0.2) is 97.2 Å². The van der Waals surface area contributed by atoms with E-state index in [0.717, 1.165) is 70.6 Å². The first-order valence-corrected chi connectivity index (χ1v) is 22.9. The first-order chi connectivity index (χ1) is 26.9. The van der Waals surface area contributed by atoms with E-state index in [1.807, 2.05) is 6.08 Å². The Kier molecular flexibility index (Phi) is 39.1. The van der Waals surface area contributed by atoms with Gasteiger partial charge in [-0.05, 0) is 83.5 Å². The lowest BCUT2D eigenvalue weighted by molar-refractivity contribution is -0.123. The fourth-order valence-electron chi connectivity index (χ4n) is 5.44. The molecule has 8 nitrogen and oxygen atoms in total. The van der Waals surface area contributed by atoms with Crippen molar-refractivity contribution in [3.05, 3.63) is 97.2 Å². The highest BCUT2D eigenvalue weighted by Gasteiger charge is 2.26. The van der Waals surface area contributed by atoms with Crippen LogP contribution in [0.3, 0.4) is 0 Å². The van der Waals surface area contributed by atoms with Crippen LogP contribution < -0.4 is 11.1 Å². The molecule has 0 aromatic carbocycles. The lowest BCUT2D eigenvalue weighted by Crippen LogP contribution is -2.45. The first kappa shape index (κ1) is 52.4. The fraction of sp³-hybridized carbons (Fsp3) is 0.630. The molecule has 0 aliphatic carbocycles. The fourth-order valence-corrected chi connectivity index (χ4v) is 6.20. The van der Waals surface area contributed by atoms with E-state index >= 15 is 0 Å². The Bertz CT molecular complexity index is 1170. The van der Waals surface area contributed by atoms with Crippen molar-refractivity contribution < 1.29 is 28.4 Å². The molecule has 0 aromatic rings. The van der Waals surface area contributed by atoms with Gasteiger partial charge in [0.25, 0.3) is 0 Å². The normalized spacial score (nSPS) is 15.1. The lowest BCUT2D eigenvalue weighted by atomic mass is 10.1. The number of carbonyl (C=O) groups excluding carboxylic acids is 1. The summed E-state index contributed by atoms with van der Waals surface area (Å²) >= 11 is 0. The minimum atomic E-state index is -4.37. The molecule has 0 spiro atoms. The summed E-state index contributed by atoms with van der Waals surface area (Å²) in [7, 11) is -4.37. The molecule has 0 rings (SSSR count). The largest absolute Gasteiger partial charge is 0.472 e. The van der Waals surface area contributed by atoms with E-state index in [1.165, 1.54) is 57.8 Å². The van der Waals surface area contributed by atoms with E-state index in [2.05, 4.69) is 104 Å². The van der Waals surface area contributed by atoms with Crippen molar-refractivity contribution in [2.24, 2.45) is 5.73 Å². The van der Waals surface area contributed by atoms with Gasteiger partial charge in [0.15, 0.2) is 0 Å². The molecule has 0 bridgehead atoms. The van der Waals surface area contributed by atoms with Crippen molar-refractivity contribution in [2.75, 3.05) is 19.8 Å². The van der Waals surface area contributed by atoms with Gasteiger partial charge in [-0.25, -0.2) is 4.57 Å². The Morgan fingerprint density at radius 3 is 1.62 bits per heavy atom. The van der Waals surface area contributed by atoms with Crippen molar-refractivity contribution in [1.29, 1.82) is 0 Å². The average molecular weight is 787 g/mol. The van der Waals surface area contributed by atoms with E-state index in [9.17, 15) is 19.4 Å². The van der Waals surface area contributed by atoms with Crippen molar-refractivity contribution >= 4 is 13.7 Å². The predicted octanol–water partition coefficient (Wildman–Crippen LogP) is 12.0. The summed E-state index contributed by atoms with van der Waals surface area (Å²) in [4.78, 5) is 22.7. The Morgan fingerprint density at radius 2 is 1.07 bits per heavy atom. The predicted molar refractivity (Wildman–Crippen MR) is 235 cm³/mol. The lowest BCUT2D eigenvalue weighted by Gasteiger charge is -2.23. The summed E-state index contributed by atoms with van der Waals surface area (Å²) in [5, 5.41) is 13.6. The van der Waals surface area contributed by atoms with Crippen LogP contribution >= 0.6 is 7.82 Å². The van der Waals surface area contributed by atoms with Crippen LogP contribution in [-0.4, -0.2) is 47.8 Å². The summed E-state index contributed by atoms with van der Waals surface area (Å²) in [5.41, 5.74) is 5.36. The maximum Gasteiger partial charge on any atom is 0.472 e. The third-order valence-corrected chi connectivity index (χ3v) is 9.63. The number of aliphatic hydroxyl groups is 1. The molecule has 0 aromatic heterocycles. The molecule has 0 saturated heterocycles. The highest BCUT2D eigenvalue weighted by Crippen LogP contribution is 2.43.